The quantitative estimate of drug-likeness (QED) is 0.388. The van der Waals surface area contributed by atoms with Crippen molar-refractivity contribution in [3.63, 3.8) is 0 Å². The summed E-state index contributed by atoms with van der Waals surface area (Å²) >= 11 is 0. The Morgan fingerprint density at radius 3 is 2.81 bits per heavy atom. The van der Waals surface area contributed by atoms with Gasteiger partial charge in [-0.2, -0.15) is 0 Å². The first-order valence-electron chi connectivity index (χ1n) is 8.92. The summed E-state index contributed by atoms with van der Waals surface area (Å²) in [5.41, 5.74) is 0.595. The zero-order chi connectivity index (χ0) is 19.4. The Hall–Kier alpha value is -3.00. The molecule has 0 aromatic carbocycles. The van der Waals surface area contributed by atoms with E-state index < -0.39 is 5.97 Å². The summed E-state index contributed by atoms with van der Waals surface area (Å²) in [6.45, 7) is 5.32. The third kappa shape index (κ3) is 3.61. The summed E-state index contributed by atoms with van der Waals surface area (Å²) in [5, 5.41) is 8.74. The maximum Gasteiger partial charge on any atom is 0.341 e. The van der Waals surface area contributed by atoms with Gasteiger partial charge >= 0.3 is 5.97 Å². The van der Waals surface area contributed by atoms with Crippen molar-refractivity contribution < 1.29 is 14.3 Å². The lowest BCUT2D eigenvalue weighted by atomic mass is 10.2. The zero-order valence-electron chi connectivity index (χ0n) is 15.4. The molecule has 0 unspecified atom stereocenters. The molecule has 0 saturated carbocycles. The maximum atomic E-state index is 12.9. The van der Waals surface area contributed by atoms with Crippen molar-refractivity contribution in [3.05, 3.63) is 51.9 Å². The topological polar surface area (TPSA) is 98.7 Å². The molecule has 8 nitrogen and oxygen atoms in total. The molecule has 0 bridgehead atoms. The van der Waals surface area contributed by atoms with Gasteiger partial charge in [0.05, 0.1) is 12.0 Å². The summed E-state index contributed by atoms with van der Waals surface area (Å²) in [7, 11) is 0. The van der Waals surface area contributed by atoms with E-state index in [0.717, 1.165) is 0 Å². The number of rotatable bonds is 7. The van der Waals surface area contributed by atoms with E-state index in [1.54, 1.807) is 35.9 Å². The molecule has 0 spiro atoms. The van der Waals surface area contributed by atoms with Crippen LogP contribution in [0.2, 0.25) is 0 Å². The first-order valence-corrected chi connectivity index (χ1v) is 8.92. The van der Waals surface area contributed by atoms with Gasteiger partial charge in [-0.3, -0.25) is 14.6 Å². The van der Waals surface area contributed by atoms with Gasteiger partial charge in [0.15, 0.2) is 0 Å². The average molecular weight is 370 g/mol. The molecule has 3 aromatic rings. The number of nitrogens with one attached hydrogen (secondary N) is 1. The van der Waals surface area contributed by atoms with E-state index in [0.29, 0.717) is 37.5 Å². The minimum absolute atomic E-state index is 0.0235. The predicted octanol–water partition coefficient (Wildman–Crippen LogP) is 1.73. The largest absolute Gasteiger partial charge is 0.462 e. The van der Waals surface area contributed by atoms with Crippen LogP contribution in [0.25, 0.3) is 16.7 Å². The van der Waals surface area contributed by atoms with Crippen LogP contribution < -0.4 is 11.0 Å². The molecule has 3 rings (SSSR count). The fourth-order valence-electron chi connectivity index (χ4n) is 2.94. The highest BCUT2D eigenvalue weighted by Crippen LogP contribution is 2.11. The van der Waals surface area contributed by atoms with Crippen molar-refractivity contribution in [1.82, 2.24) is 14.0 Å². The first kappa shape index (κ1) is 18.8. The number of hydrogen-bond donors (Lipinski definition) is 1. The molecule has 142 valence electrons. The van der Waals surface area contributed by atoms with Crippen LogP contribution in [0.4, 0.5) is 0 Å². The molecule has 1 N–H and O–H groups in total. The monoisotopic (exact) mass is 370 g/mol. The number of esters is 1. The minimum atomic E-state index is -0.625. The van der Waals surface area contributed by atoms with E-state index >= 15 is 0 Å². The SMILES string of the molecule is CCOCCCn1c(=N)c(C(=O)OCC)cc2c(=O)n3ccccc3nc21. The number of fused-ring (bicyclic) bond motifs is 2. The van der Waals surface area contributed by atoms with Gasteiger partial charge in [-0.1, -0.05) is 6.07 Å². The second-order valence-electron chi connectivity index (χ2n) is 5.91. The van der Waals surface area contributed by atoms with Crippen LogP contribution in [-0.2, 0) is 16.0 Å². The van der Waals surface area contributed by atoms with Crippen LogP contribution in [0.3, 0.4) is 0 Å². The third-order valence-electron chi connectivity index (χ3n) is 4.19. The molecule has 0 aliphatic carbocycles. The predicted molar refractivity (Wildman–Crippen MR) is 99.9 cm³/mol. The molecule has 0 aliphatic rings. The molecule has 0 radical (unpaired) electrons. The van der Waals surface area contributed by atoms with E-state index in [-0.39, 0.29) is 28.6 Å². The minimum Gasteiger partial charge on any atom is -0.462 e. The van der Waals surface area contributed by atoms with Gasteiger partial charge in [0.2, 0.25) is 0 Å². The summed E-state index contributed by atoms with van der Waals surface area (Å²) in [6.07, 6.45) is 2.25. The van der Waals surface area contributed by atoms with E-state index in [4.69, 9.17) is 14.9 Å². The van der Waals surface area contributed by atoms with E-state index in [9.17, 15) is 9.59 Å². The number of carbonyl (C=O) groups excluding carboxylic acids is 1. The van der Waals surface area contributed by atoms with Crippen LogP contribution in [-0.4, -0.2) is 39.7 Å². The van der Waals surface area contributed by atoms with Crippen molar-refractivity contribution in [2.24, 2.45) is 0 Å². The van der Waals surface area contributed by atoms with E-state index in [1.165, 1.54) is 10.5 Å². The molecule has 3 heterocycles. The standard InChI is InChI=1S/C19H22N4O4/c1-3-26-11-7-10-23-16(20)13(19(25)27-4-2)12-14-17(23)21-15-8-5-6-9-22(15)18(14)24/h5-6,8-9,12,20H,3-4,7,10-11H2,1-2H3. The van der Waals surface area contributed by atoms with Crippen LogP contribution in [0.1, 0.15) is 30.6 Å². The Bertz CT molecular complexity index is 1100. The number of nitrogens with zero attached hydrogens (tertiary/aromatic N) is 3. The van der Waals surface area contributed by atoms with Gasteiger partial charge in [0.1, 0.15) is 22.3 Å². The van der Waals surface area contributed by atoms with E-state index in [1.807, 2.05) is 6.92 Å². The van der Waals surface area contributed by atoms with Gasteiger partial charge in [0, 0.05) is 26.0 Å². The van der Waals surface area contributed by atoms with Gasteiger partial charge in [-0.25, -0.2) is 9.78 Å². The number of aryl methyl sites for hydroxylation is 1. The number of ether oxygens (including phenoxy) is 2. The van der Waals surface area contributed by atoms with Crippen molar-refractivity contribution in [2.75, 3.05) is 19.8 Å². The van der Waals surface area contributed by atoms with Crippen LogP contribution in [0.15, 0.2) is 35.3 Å². The van der Waals surface area contributed by atoms with Crippen molar-refractivity contribution in [2.45, 2.75) is 26.8 Å². The summed E-state index contributed by atoms with van der Waals surface area (Å²) in [5.74, 6) is -0.625. The van der Waals surface area contributed by atoms with Gasteiger partial charge in [-0.05, 0) is 38.5 Å². The highest BCUT2D eigenvalue weighted by atomic mass is 16.5. The number of aromatic nitrogens is 3. The lowest BCUT2D eigenvalue weighted by Crippen LogP contribution is -2.31. The molecule has 0 atom stereocenters. The fraction of sp³-hybridized carbons (Fsp3) is 0.368. The van der Waals surface area contributed by atoms with Crippen LogP contribution in [0, 0.1) is 5.41 Å². The Morgan fingerprint density at radius 1 is 1.26 bits per heavy atom. The molecule has 3 aromatic heterocycles. The number of hydrogen-bond acceptors (Lipinski definition) is 6. The fourth-order valence-corrected chi connectivity index (χ4v) is 2.94. The summed E-state index contributed by atoms with van der Waals surface area (Å²) < 4.78 is 13.4. The summed E-state index contributed by atoms with van der Waals surface area (Å²) in [6, 6.07) is 6.67. The lowest BCUT2D eigenvalue weighted by molar-refractivity contribution is 0.0523. The molecule has 0 saturated heterocycles. The highest BCUT2D eigenvalue weighted by Gasteiger charge is 2.18. The molecular weight excluding hydrogens is 348 g/mol. The normalized spacial score (nSPS) is 11.2. The zero-order valence-corrected chi connectivity index (χ0v) is 15.4. The highest BCUT2D eigenvalue weighted by molar-refractivity contribution is 5.93. The Labute approximate surface area is 155 Å². The average Bonchev–Trinajstić information content (AvgIpc) is 2.67. The van der Waals surface area contributed by atoms with Crippen molar-refractivity contribution in [1.29, 1.82) is 5.41 Å². The summed E-state index contributed by atoms with van der Waals surface area (Å²) in [4.78, 5) is 29.8. The van der Waals surface area contributed by atoms with E-state index in [2.05, 4.69) is 4.98 Å². The second-order valence-corrected chi connectivity index (χ2v) is 5.91. The number of carbonyl (C=O) groups is 1. The van der Waals surface area contributed by atoms with Crippen molar-refractivity contribution >= 4 is 22.6 Å². The van der Waals surface area contributed by atoms with Gasteiger partial charge in [-0.15, -0.1) is 0 Å². The Morgan fingerprint density at radius 2 is 2.07 bits per heavy atom. The Balaban J connectivity index is 2.26. The molecule has 27 heavy (non-hydrogen) atoms. The third-order valence-corrected chi connectivity index (χ3v) is 4.19. The lowest BCUT2D eigenvalue weighted by Gasteiger charge is -2.14. The smallest absolute Gasteiger partial charge is 0.341 e. The first-order chi connectivity index (χ1) is 13.1. The van der Waals surface area contributed by atoms with Crippen LogP contribution >= 0.6 is 0 Å². The van der Waals surface area contributed by atoms with Crippen LogP contribution in [0.5, 0.6) is 0 Å². The number of pyridine rings is 2. The molecule has 0 aliphatic heterocycles. The molecule has 0 fully saturated rings. The maximum absolute atomic E-state index is 12.9. The van der Waals surface area contributed by atoms with Gasteiger partial charge < -0.3 is 14.0 Å². The van der Waals surface area contributed by atoms with Crippen molar-refractivity contribution in [3.8, 4) is 0 Å². The Kier molecular flexibility index (Phi) is 5.66. The molecule has 0 amide bonds. The molecule has 8 heteroatoms. The molecular formula is C19H22N4O4. The second kappa shape index (κ2) is 8.13. The van der Waals surface area contributed by atoms with Gasteiger partial charge in [0.25, 0.3) is 5.56 Å².